The monoisotopic (exact) mass is 271 g/mol. The van der Waals surface area contributed by atoms with Crippen LogP contribution < -0.4 is 10.2 Å². The van der Waals surface area contributed by atoms with Crippen molar-refractivity contribution in [2.24, 2.45) is 0 Å². The van der Waals surface area contributed by atoms with Crippen molar-refractivity contribution in [1.82, 2.24) is 5.32 Å². The van der Waals surface area contributed by atoms with Crippen LogP contribution in [0.1, 0.15) is 15.3 Å². The number of nitrogens with zero attached hydrogens (tertiary/aromatic N) is 2. The predicted octanol–water partition coefficient (Wildman–Crippen LogP) is 2.98. The first-order chi connectivity index (χ1) is 9.19. The lowest BCUT2D eigenvalue weighted by Gasteiger charge is -2.12. The van der Waals surface area contributed by atoms with Gasteiger partial charge in [0.2, 0.25) is 0 Å². The molecular formula is C15H17N3S. The number of benzene rings is 1. The van der Waals surface area contributed by atoms with Crippen LogP contribution in [-0.2, 0) is 13.1 Å². The average Bonchev–Trinajstić information content (AvgIpc) is 2.87. The zero-order chi connectivity index (χ0) is 13.7. The van der Waals surface area contributed by atoms with Crippen LogP contribution in [0, 0.1) is 11.3 Å². The second-order valence-electron chi connectivity index (χ2n) is 4.54. The molecule has 0 radical (unpaired) electrons. The van der Waals surface area contributed by atoms with Gasteiger partial charge in [0.15, 0.2) is 0 Å². The molecule has 1 heterocycles. The maximum atomic E-state index is 8.76. The number of rotatable bonds is 5. The lowest BCUT2D eigenvalue weighted by Crippen LogP contribution is -2.12. The summed E-state index contributed by atoms with van der Waals surface area (Å²) in [5.74, 6) is 0. The average molecular weight is 271 g/mol. The van der Waals surface area contributed by atoms with Crippen LogP contribution in [0.25, 0.3) is 0 Å². The minimum absolute atomic E-state index is 0.770. The van der Waals surface area contributed by atoms with Crippen molar-refractivity contribution in [1.29, 1.82) is 5.26 Å². The lowest BCUT2D eigenvalue weighted by atomic mass is 10.2. The Morgan fingerprint density at radius 1 is 1.11 bits per heavy atom. The Balaban J connectivity index is 1.84. The summed E-state index contributed by atoms with van der Waals surface area (Å²) in [4.78, 5) is 4.06. The van der Waals surface area contributed by atoms with Gasteiger partial charge in [0.1, 0.15) is 10.9 Å². The van der Waals surface area contributed by atoms with Gasteiger partial charge in [-0.05, 0) is 29.8 Å². The van der Waals surface area contributed by atoms with Crippen LogP contribution in [0.4, 0.5) is 5.69 Å². The van der Waals surface area contributed by atoms with E-state index in [1.165, 1.54) is 16.1 Å². The highest BCUT2D eigenvalue weighted by Gasteiger charge is 2.00. The van der Waals surface area contributed by atoms with E-state index in [1.54, 1.807) is 11.3 Å². The van der Waals surface area contributed by atoms with E-state index in [-0.39, 0.29) is 0 Å². The van der Waals surface area contributed by atoms with Crippen molar-refractivity contribution in [3.63, 3.8) is 0 Å². The molecule has 1 aromatic heterocycles. The molecule has 98 valence electrons. The van der Waals surface area contributed by atoms with Gasteiger partial charge in [-0.2, -0.15) is 5.26 Å². The fourth-order valence-corrected chi connectivity index (χ4v) is 2.55. The molecule has 2 aromatic rings. The molecule has 1 N–H and O–H groups in total. The summed E-state index contributed by atoms with van der Waals surface area (Å²) in [6.45, 7) is 1.65. The number of nitriles is 1. The van der Waals surface area contributed by atoms with E-state index in [9.17, 15) is 0 Å². The summed E-state index contributed by atoms with van der Waals surface area (Å²) >= 11 is 1.54. The maximum Gasteiger partial charge on any atom is 0.110 e. The summed E-state index contributed by atoms with van der Waals surface area (Å²) in [6.07, 6.45) is 0. The Bertz CT molecular complexity index is 564. The molecule has 0 aliphatic carbocycles. The van der Waals surface area contributed by atoms with Gasteiger partial charge in [0.05, 0.1) is 0 Å². The van der Waals surface area contributed by atoms with Gasteiger partial charge in [-0.1, -0.05) is 12.1 Å². The minimum atomic E-state index is 0.770. The molecule has 0 aliphatic rings. The largest absolute Gasteiger partial charge is 0.378 e. The molecule has 0 spiro atoms. The van der Waals surface area contributed by atoms with Gasteiger partial charge >= 0.3 is 0 Å². The summed E-state index contributed by atoms with van der Waals surface area (Å²) in [5.41, 5.74) is 2.48. The lowest BCUT2D eigenvalue weighted by molar-refractivity contribution is 0.701. The molecule has 19 heavy (non-hydrogen) atoms. The van der Waals surface area contributed by atoms with Crippen molar-refractivity contribution in [3.8, 4) is 6.07 Å². The Labute approximate surface area is 118 Å². The zero-order valence-electron chi connectivity index (χ0n) is 11.2. The van der Waals surface area contributed by atoms with Crippen molar-refractivity contribution < 1.29 is 0 Å². The molecule has 2 rings (SSSR count). The first-order valence-corrected chi connectivity index (χ1v) is 6.96. The van der Waals surface area contributed by atoms with Crippen molar-refractivity contribution in [3.05, 3.63) is 51.7 Å². The van der Waals surface area contributed by atoms with Gasteiger partial charge in [-0.3, -0.25) is 0 Å². The molecule has 1 aromatic carbocycles. The summed E-state index contributed by atoms with van der Waals surface area (Å²) in [6, 6.07) is 14.5. The van der Waals surface area contributed by atoms with E-state index in [1.807, 2.05) is 26.2 Å². The van der Waals surface area contributed by atoms with Crippen molar-refractivity contribution in [2.75, 3.05) is 19.0 Å². The molecule has 0 amide bonds. The van der Waals surface area contributed by atoms with Crippen LogP contribution in [0.15, 0.2) is 36.4 Å². The summed E-state index contributed by atoms with van der Waals surface area (Å²) in [7, 11) is 4.08. The Hall–Kier alpha value is -1.83. The number of thiophene rings is 1. The van der Waals surface area contributed by atoms with Gasteiger partial charge in [-0.25, -0.2) is 0 Å². The molecule has 0 aliphatic heterocycles. The third-order valence-corrected chi connectivity index (χ3v) is 3.84. The van der Waals surface area contributed by atoms with Gasteiger partial charge in [0, 0.05) is 37.7 Å². The molecule has 0 fully saturated rings. The van der Waals surface area contributed by atoms with E-state index in [0.29, 0.717) is 0 Å². The maximum absolute atomic E-state index is 8.76. The molecule has 0 bridgehead atoms. The number of nitrogens with one attached hydrogen (secondary N) is 1. The Morgan fingerprint density at radius 2 is 1.84 bits per heavy atom. The van der Waals surface area contributed by atoms with Gasteiger partial charge in [-0.15, -0.1) is 11.3 Å². The number of hydrogen-bond donors (Lipinski definition) is 1. The standard InChI is InChI=1S/C15H17N3S/c1-18(2)13-5-3-12(4-6-13)10-17-11-15-8-7-14(9-16)19-15/h3-8,17H,10-11H2,1-2H3. The highest BCUT2D eigenvalue weighted by atomic mass is 32.1. The second-order valence-corrected chi connectivity index (χ2v) is 5.71. The van der Waals surface area contributed by atoms with Crippen molar-refractivity contribution >= 4 is 17.0 Å². The number of hydrogen-bond acceptors (Lipinski definition) is 4. The van der Waals surface area contributed by atoms with Crippen molar-refractivity contribution in [2.45, 2.75) is 13.1 Å². The van der Waals surface area contributed by atoms with E-state index >= 15 is 0 Å². The van der Waals surface area contributed by atoms with Crippen LogP contribution in [0.5, 0.6) is 0 Å². The summed E-state index contributed by atoms with van der Waals surface area (Å²) in [5, 5.41) is 12.2. The normalized spacial score (nSPS) is 10.2. The first-order valence-electron chi connectivity index (χ1n) is 6.15. The molecule has 3 nitrogen and oxygen atoms in total. The second kappa shape index (κ2) is 6.37. The van der Waals surface area contributed by atoms with Crippen LogP contribution in [0.3, 0.4) is 0 Å². The highest BCUT2D eigenvalue weighted by molar-refractivity contribution is 7.12. The Kier molecular flexibility index (Phi) is 4.56. The third-order valence-electron chi connectivity index (χ3n) is 2.85. The molecule has 0 saturated carbocycles. The fraction of sp³-hybridized carbons (Fsp3) is 0.267. The van der Waals surface area contributed by atoms with E-state index in [4.69, 9.17) is 5.26 Å². The molecule has 0 saturated heterocycles. The van der Waals surface area contributed by atoms with E-state index in [2.05, 4.69) is 40.6 Å². The molecule has 4 heteroatoms. The zero-order valence-corrected chi connectivity index (χ0v) is 12.0. The van der Waals surface area contributed by atoms with Crippen LogP contribution in [0.2, 0.25) is 0 Å². The highest BCUT2D eigenvalue weighted by Crippen LogP contribution is 2.15. The minimum Gasteiger partial charge on any atom is -0.378 e. The van der Waals surface area contributed by atoms with E-state index in [0.717, 1.165) is 18.0 Å². The SMILES string of the molecule is CN(C)c1ccc(CNCc2ccc(C#N)s2)cc1. The fourth-order valence-electron chi connectivity index (χ4n) is 1.77. The topological polar surface area (TPSA) is 39.1 Å². The van der Waals surface area contributed by atoms with Crippen LogP contribution >= 0.6 is 11.3 Å². The first kappa shape index (κ1) is 13.6. The molecular weight excluding hydrogens is 254 g/mol. The Morgan fingerprint density at radius 3 is 2.42 bits per heavy atom. The molecule has 0 unspecified atom stereocenters. The predicted molar refractivity (Wildman–Crippen MR) is 80.3 cm³/mol. The van der Waals surface area contributed by atoms with E-state index < -0.39 is 0 Å². The smallest absolute Gasteiger partial charge is 0.110 e. The summed E-state index contributed by atoms with van der Waals surface area (Å²) < 4.78 is 0. The van der Waals surface area contributed by atoms with Gasteiger partial charge < -0.3 is 10.2 Å². The van der Waals surface area contributed by atoms with Crippen LogP contribution in [-0.4, -0.2) is 14.1 Å². The number of anilines is 1. The molecule has 0 atom stereocenters. The quantitative estimate of drug-likeness (QED) is 0.908. The third kappa shape index (κ3) is 3.82. The van der Waals surface area contributed by atoms with Gasteiger partial charge in [0.25, 0.3) is 0 Å².